The van der Waals surface area contributed by atoms with E-state index < -0.39 is 0 Å². The molecular formula is C24H18ClNO. The highest BCUT2D eigenvalue weighted by molar-refractivity contribution is 6.30. The summed E-state index contributed by atoms with van der Waals surface area (Å²) in [6.45, 7) is 1.88. The first kappa shape index (κ1) is 17.3. The van der Waals surface area contributed by atoms with Crippen LogP contribution in [0.3, 0.4) is 0 Å². The first-order chi connectivity index (χ1) is 13.1. The predicted octanol–water partition coefficient (Wildman–Crippen LogP) is 6.13. The Hall–Kier alpha value is -3.10. The minimum absolute atomic E-state index is 0.0102. The number of para-hydroxylation sites is 1. The molecule has 132 valence electrons. The van der Waals surface area contributed by atoms with Gasteiger partial charge in [0.1, 0.15) is 0 Å². The largest absolute Gasteiger partial charge is 0.309 e. The van der Waals surface area contributed by atoms with Crippen LogP contribution in [0.2, 0.25) is 5.02 Å². The molecule has 0 aliphatic carbocycles. The Morgan fingerprint density at radius 2 is 1.37 bits per heavy atom. The van der Waals surface area contributed by atoms with E-state index in [-0.39, 0.29) is 5.43 Å². The van der Waals surface area contributed by atoms with Gasteiger partial charge in [-0.05, 0) is 36.8 Å². The highest BCUT2D eigenvalue weighted by Crippen LogP contribution is 2.32. The summed E-state index contributed by atoms with van der Waals surface area (Å²) in [5, 5.41) is 0.640. The van der Waals surface area contributed by atoms with Gasteiger partial charge in [-0.3, -0.25) is 4.79 Å². The molecule has 1 aromatic heterocycles. The Kier molecular flexibility index (Phi) is 4.66. The third-order valence-electron chi connectivity index (χ3n) is 4.64. The fraction of sp³-hybridized carbons (Fsp3) is 0.0417. The molecule has 27 heavy (non-hydrogen) atoms. The maximum Gasteiger partial charge on any atom is 0.185 e. The van der Waals surface area contributed by atoms with Gasteiger partial charge in [-0.25, -0.2) is 0 Å². The Balaban J connectivity index is 2.14. The lowest BCUT2D eigenvalue weighted by Crippen LogP contribution is -2.15. The molecule has 0 aliphatic rings. The molecule has 4 rings (SSSR count). The molecule has 4 aromatic rings. The van der Waals surface area contributed by atoms with Gasteiger partial charge in [0.05, 0.1) is 11.4 Å². The highest BCUT2D eigenvalue weighted by Gasteiger charge is 2.17. The SMILES string of the molecule is Cc1c(-c2ccccc2)n(-c2ccccc2)c(-c2cccc(Cl)c2)cc1=O. The quantitative estimate of drug-likeness (QED) is 0.424. The van der Waals surface area contributed by atoms with Crippen LogP contribution in [0.5, 0.6) is 0 Å². The van der Waals surface area contributed by atoms with Crippen molar-refractivity contribution in [2.45, 2.75) is 6.92 Å². The lowest BCUT2D eigenvalue weighted by atomic mass is 10.0. The molecule has 0 N–H and O–H groups in total. The summed E-state index contributed by atoms with van der Waals surface area (Å²) in [6.07, 6.45) is 0. The van der Waals surface area contributed by atoms with E-state index in [9.17, 15) is 4.79 Å². The van der Waals surface area contributed by atoms with Crippen molar-refractivity contribution in [1.29, 1.82) is 0 Å². The number of pyridine rings is 1. The zero-order chi connectivity index (χ0) is 18.8. The number of aromatic nitrogens is 1. The minimum Gasteiger partial charge on any atom is -0.309 e. The van der Waals surface area contributed by atoms with Crippen LogP contribution in [-0.4, -0.2) is 4.57 Å². The molecule has 0 fully saturated rings. The van der Waals surface area contributed by atoms with Crippen molar-refractivity contribution >= 4 is 11.6 Å². The molecule has 0 bridgehead atoms. The molecule has 1 heterocycles. The molecule has 3 aromatic carbocycles. The van der Waals surface area contributed by atoms with E-state index in [1.54, 1.807) is 6.07 Å². The van der Waals surface area contributed by atoms with Gasteiger partial charge in [-0.1, -0.05) is 72.3 Å². The van der Waals surface area contributed by atoms with Gasteiger partial charge in [-0.15, -0.1) is 0 Å². The molecule has 0 atom stereocenters. The number of hydrogen-bond donors (Lipinski definition) is 0. The third kappa shape index (κ3) is 3.32. The van der Waals surface area contributed by atoms with Crippen LogP contribution in [-0.2, 0) is 0 Å². The molecule has 0 aliphatic heterocycles. The van der Waals surface area contributed by atoms with E-state index in [0.29, 0.717) is 5.02 Å². The van der Waals surface area contributed by atoms with Crippen molar-refractivity contribution in [2.75, 3.05) is 0 Å². The van der Waals surface area contributed by atoms with Crippen LogP contribution in [0.4, 0.5) is 0 Å². The van der Waals surface area contributed by atoms with Gasteiger partial charge < -0.3 is 4.57 Å². The third-order valence-corrected chi connectivity index (χ3v) is 4.87. The van der Waals surface area contributed by atoms with E-state index in [1.807, 2.05) is 91.9 Å². The van der Waals surface area contributed by atoms with E-state index in [2.05, 4.69) is 4.57 Å². The maximum atomic E-state index is 12.8. The second-order valence-corrected chi connectivity index (χ2v) is 6.85. The van der Waals surface area contributed by atoms with Gasteiger partial charge in [0.15, 0.2) is 5.43 Å². The summed E-state index contributed by atoms with van der Waals surface area (Å²) in [4.78, 5) is 12.8. The van der Waals surface area contributed by atoms with Crippen LogP contribution < -0.4 is 5.43 Å². The summed E-state index contributed by atoms with van der Waals surface area (Å²) >= 11 is 6.23. The average molecular weight is 372 g/mol. The second-order valence-electron chi connectivity index (χ2n) is 6.41. The van der Waals surface area contributed by atoms with Crippen LogP contribution in [0.1, 0.15) is 5.56 Å². The summed E-state index contributed by atoms with van der Waals surface area (Å²) in [7, 11) is 0. The number of benzene rings is 3. The summed E-state index contributed by atoms with van der Waals surface area (Å²) in [5.41, 5.74) is 5.34. The van der Waals surface area contributed by atoms with Crippen LogP contribution in [0.15, 0.2) is 95.8 Å². The van der Waals surface area contributed by atoms with Crippen molar-refractivity contribution in [2.24, 2.45) is 0 Å². The van der Waals surface area contributed by atoms with E-state index in [1.165, 1.54) is 0 Å². The van der Waals surface area contributed by atoms with E-state index in [0.717, 1.165) is 33.8 Å². The second kappa shape index (κ2) is 7.26. The van der Waals surface area contributed by atoms with Crippen LogP contribution in [0.25, 0.3) is 28.2 Å². The van der Waals surface area contributed by atoms with Gasteiger partial charge in [0.25, 0.3) is 0 Å². The molecule has 0 radical (unpaired) electrons. The number of nitrogens with zero attached hydrogens (tertiary/aromatic N) is 1. The number of halogens is 1. The molecule has 0 unspecified atom stereocenters. The number of rotatable bonds is 3. The van der Waals surface area contributed by atoms with Crippen LogP contribution in [0, 0.1) is 6.92 Å². The average Bonchev–Trinajstić information content (AvgIpc) is 2.71. The lowest BCUT2D eigenvalue weighted by molar-refractivity contribution is 1.04. The molecule has 0 spiro atoms. The van der Waals surface area contributed by atoms with Crippen molar-refractivity contribution < 1.29 is 0 Å². The Morgan fingerprint density at radius 3 is 2.04 bits per heavy atom. The fourth-order valence-electron chi connectivity index (χ4n) is 3.35. The summed E-state index contributed by atoms with van der Waals surface area (Å²) < 4.78 is 2.14. The standard InChI is InChI=1S/C24H18ClNO/c1-17-23(27)16-22(19-11-8-12-20(25)15-19)26(21-13-6-3-7-14-21)24(17)18-9-4-2-5-10-18/h2-16H,1H3. The molecule has 3 heteroatoms. The monoisotopic (exact) mass is 371 g/mol. The van der Waals surface area contributed by atoms with Gasteiger partial charge in [0, 0.05) is 27.9 Å². The van der Waals surface area contributed by atoms with Crippen molar-refractivity contribution in [3.8, 4) is 28.2 Å². The molecule has 2 nitrogen and oxygen atoms in total. The van der Waals surface area contributed by atoms with Gasteiger partial charge in [-0.2, -0.15) is 0 Å². The van der Waals surface area contributed by atoms with E-state index in [4.69, 9.17) is 11.6 Å². The smallest absolute Gasteiger partial charge is 0.185 e. The number of hydrogen-bond acceptors (Lipinski definition) is 1. The fourth-order valence-corrected chi connectivity index (χ4v) is 3.54. The molecule has 0 saturated carbocycles. The summed E-state index contributed by atoms with van der Waals surface area (Å²) in [6, 6.07) is 29.4. The molecular weight excluding hydrogens is 354 g/mol. The lowest BCUT2D eigenvalue weighted by Gasteiger charge is -2.21. The first-order valence-corrected chi connectivity index (χ1v) is 9.16. The van der Waals surface area contributed by atoms with Crippen molar-refractivity contribution in [1.82, 2.24) is 4.57 Å². The minimum atomic E-state index is 0.0102. The topological polar surface area (TPSA) is 22.0 Å². The zero-order valence-electron chi connectivity index (χ0n) is 14.9. The van der Waals surface area contributed by atoms with Gasteiger partial charge in [0.2, 0.25) is 0 Å². The Labute approximate surface area is 163 Å². The zero-order valence-corrected chi connectivity index (χ0v) is 15.6. The van der Waals surface area contributed by atoms with Crippen molar-refractivity contribution in [3.63, 3.8) is 0 Å². The van der Waals surface area contributed by atoms with Crippen molar-refractivity contribution in [3.05, 3.63) is 112 Å². The molecule has 0 amide bonds. The Bertz CT molecular complexity index is 1150. The van der Waals surface area contributed by atoms with Crippen LogP contribution >= 0.6 is 11.6 Å². The highest BCUT2D eigenvalue weighted by atomic mass is 35.5. The normalized spacial score (nSPS) is 10.7. The van der Waals surface area contributed by atoms with Gasteiger partial charge >= 0.3 is 0 Å². The first-order valence-electron chi connectivity index (χ1n) is 8.78. The Morgan fingerprint density at radius 1 is 0.741 bits per heavy atom. The summed E-state index contributed by atoms with van der Waals surface area (Å²) in [5.74, 6) is 0. The predicted molar refractivity (Wildman–Crippen MR) is 113 cm³/mol. The molecule has 0 saturated heterocycles. The van der Waals surface area contributed by atoms with E-state index >= 15 is 0 Å². The maximum absolute atomic E-state index is 12.8.